The van der Waals surface area contributed by atoms with Gasteiger partial charge >= 0.3 is 0 Å². The van der Waals surface area contributed by atoms with Crippen molar-refractivity contribution in [2.75, 3.05) is 13.1 Å². The molecule has 3 heterocycles. The molecule has 130 valence electrons. The third-order valence-electron chi connectivity index (χ3n) is 4.63. The van der Waals surface area contributed by atoms with E-state index in [0.29, 0.717) is 34.6 Å². The van der Waals surface area contributed by atoms with Gasteiger partial charge in [-0.2, -0.15) is 5.10 Å². The second-order valence-corrected chi connectivity index (χ2v) is 7.14. The minimum atomic E-state index is -0.269. The maximum absolute atomic E-state index is 12.6. The number of aromatic nitrogens is 4. The molecule has 0 unspecified atom stereocenters. The molecule has 0 spiro atoms. The number of piperidine rings is 1. The van der Waals surface area contributed by atoms with Gasteiger partial charge in [-0.1, -0.05) is 0 Å². The largest absolute Gasteiger partial charge is 0.341 e. The van der Waals surface area contributed by atoms with Crippen molar-refractivity contribution >= 4 is 32.9 Å². The number of hydrogen-bond acceptors (Lipinski definition) is 5. The Balaban J connectivity index is 1.82. The van der Waals surface area contributed by atoms with Crippen LogP contribution in [-0.4, -0.2) is 49.3 Å². The molecule has 1 saturated heterocycles. The summed E-state index contributed by atoms with van der Waals surface area (Å²) in [6.07, 6.45) is 3.39. The van der Waals surface area contributed by atoms with Gasteiger partial charge in [0.05, 0.1) is 0 Å². The first-order valence-electron chi connectivity index (χ1n) is 7.99. The van der Waals surface area contributed by atoms with Gasteiger partial charge in [0.15, 0.2) is 5.65 Å². The van der Waals surface area contributed by atoms with Crippen LogP contribution in [-0.2, 0) is 18.4 Å². The highest BCUT2D eigenvalue weighted by Gasteiger charge is 2.26. The molecule has 9 heteroatoms. The fourth-order valence-corrected chi connectivity index (χ4v) is 3.74. The normalized spacial score (nSPS) is 19.7. The Hall–Kier alpha value is -1.74. The number of hydrogen-bond donors (Lipinski definition) is 1. The Morgan fingerprint density at radius 1 is 1.54 bits per heavy atom. The molecule has 24 heavy (non-hydrogen) atoms. The van der Waals surface area contributed by atoms with Crippen LogP contribution >= 0.6 is 15.9 Å². The van der Waals surface area contributed by atoms with Crippen molar-refractivity contribution in [2.45, 2.75) is 32.4 Å². The van der Waals surface area contributed by atoms with Gasteiger partial charge in [0.25, 0.3) is 5.56 Å². The molecule has 0 aromatic carbocycles. The van der Waals surface area contributed by atoms with Crippen LogP contribution in [0.3, 0.4) is 0 Å². The van der Waals surface area contributed by atoms with E-state index in [4.69, 9.17) is 5.73 Å². The van der Waals surface area contributed by atoms with Gasteiger partial charge in [-0.25, -0.2) is 9.67 Å². The number of likely N-dealkylation sites (tertiary alicyclic amines) is 1. The summed E-state index contributed by atoms with van der Waals surface area (Å²) >= 11 is 3.27. The van der Waals surface area contributed by atoms with Gasteiger partial charge in [0.2, 0.25) is 5.91 Å². The van der Waals surface area contributed by atoms with E-state index in [9.17, 15) is 9.59 Å². The molecule has 0 bridgehead atoms. The van der Waals surface area contributed by atoms with E-state index < -0.39 is 0 Å². The Labute approximate surface area is 147 Å². The molecule has 2 aromatic heterocycles. The third-order valence-corrected chi connectivity index (χ3v) is 5.18. The zero-order valence-electron chi connectivity index (χ0n) is 13.8. The fourth-order valence-electron chi connectivity index (χ4n) is 3.16. The predicted octanol–water partition coefficient (Wildman–Crippen LogP) is 0.478. The summed E-state index contributed by atoms with van der Waals surface area (Å²) in [5, 5.41) is 4.53. The maximum atomic E-state index is 12.6. The number of amides is 1. The van der Waals surface area contributed by atoms with Gasteiger partial charge in [0.1, 0.15) is 22.9 Å². The highest BCUT2D eigenvalue weighted by molar-refractivity contribution is 9.10. The van der Waals surface area contributed by atoms with Crippen LogP contribution in [0.1, 0.15) is 19.8 Å². The van der Waals surface area contributed by atoms with Crippen LogP contribution in [0.2, 0.25) is 0 Å². The van der Waals surface area contributed by atoms with E-state index in [-0.39, 0.29) is 24.1 Å². The van der Waals surface area contributed by atoms with E-state index >= 15 is 0 Å². The van der Waals surface area contributed by atoms with Gasteiger partial charge in [-0.05, 0) is 41.6 Å². The van der Waals surface area contributed by atoms with E-state index in [1.165, 1.54) is 15.6 Å². The minimum absolute atomic E-state index is 0.0191. The molecule has 2 N–H and O–H groups in total. The Morgan fingerprint density at radius 3 is 3.00 bits per heavy atom. The quantitative estimate of drug-likeness (QED) is 0.812. The van der Waals surface area contributed by atoms with Gasteiger partial charge in [-0.3, -0.25) is 14.2 Å². The van der Waals surface area contributed by atoms with Crippen LogP contribution in [0.5, 0.6) is 0 Å². The van der Waals surface area contributed by atoms with E-state index in [2.05, 4.69) is 26.0 Å². The molecular formula is C15H21BrN6O2. The first kappa shape index (κ1) is 17.1. The number of nitrogens with two attached hydrogens (primary N) is 1. The number of rotatable bonds is 3. The lowest BCUT2D eigenvalue weighted by molar-refractivity contribution is -0.133. The summed E-state index contributed by atoms with van der Waals surface area (Å²) < 4.78 is 3.31. The van der Waals surface area contributed by atoms with Crippen molar-refractivity contribution in [2.24, 2.45) is 18.7 Å². The SMILES string of the molecule is C[C@@H](N)[C@H]1CCCN(C(=O)Cn2cnc3c(c(Br)nn3C)c2=O)C1. The monoisotopic (exact) mass is 396 g/mol. The zero-order valence-corrected chi connectivity index (χ0v) is 15.4. The summed E-state index contributed by atoms with van der Waals surface area (Å²) in [4.78, 5) is 31.2. The summed E-state index contributed by atoms with van der Waals surface area (Å²) in [6, 6.07) is 0.0627. The van der Waals surface area contributed by atoms with Crippen molar-refractivity contribution in [1.82, 2.24) is 24.2 Å². The molecule has 1 fully saturated rings. The molecule has 2 atom stereocenters. The molecule has 1 amide bonds. The maximum Gasteiger partial charge on any atom is 0.266 e. The van der Waals surface area contributed by atoms with Crippen molar-refractivity contribution < 1.29 is 4.79 Å². The van der Waals surface area contributed by atoms with Gasteiger partial charge in [-0.15, -0.1) is 0 Å². The number of fused-ring (bicyclic) bond motifs is 1. The number of carbonyl (C=O) groups is 1. The summed E-state index contributed by atoms with van der Waals surface area (Å²) in [5.74, 6) is 0.233. The molecule has 2 aromatic rings. The first-order chi connectivity index (χ1) is 11.4. The lowest BCUT2D eigenvalue weighted by atomic mass is 9.92. The Bertz CT molecular complexity index is 827. The second kappa shape index (κ2) is 6.64. The Kier molecular flexibility index (Phi) is 4.73. The van der Waals surface area contributed by atoms with E-state index in [0.717, 1.165) is 12.8 Å². The molecule has 0 radical (unpaired) electrons. The van der Waals surface area contributed by atoms with Crippen molar-refractivity contribution in [3.63, 3.8) is 0 Å². The minimum Gasteiger partial charge on any atom is -0.341 e. The van der Waals surface area contributed by atoms with Crippen LogP contribution in [0.4, 0.5) is 0 Å². The molecule has 8 nitrogen and oxygen atoms in total. The van der Waals surface area contributed by atoms with Crippen molar-refractivity contribution in [3.05, 3.63) is 21.3 Å². The summed E-state index contributed by atoms with van der Waals surface area (Å²) in [6.45, 7) is 3.32. The second-order valence-electron chi connectivity index (χ2n) is 6.39. The molecule has 0 aliphatic carbocycles. The zero-order chi connectivity index (χ0) is 17.4. The molecular weight excluding hydrogens is 376 g/mol. The molecule has 0 saturated carbocycles. The van der Waals surface area contributed by atoms with Crippen LogP contribution < -0.4 is 11.3 Å². The molecule has 1 aliphatic rings. The highest BCUT2D eigenvalue weighted by atomic mass is 79.9. The lowest BCUT2D eigenvalue weighted by Gasteiger charge is -2.34. The van der Waals surface area contributed by atoms with Gasteiger partial charge < -0.3 is 10.6 Å². The first-order valence-corrected chi connectivity index (χ1v) is 8.78. The summed E-state index contributed by atoms with van der Waals surface area (Å²) in [7, 11) is 1.72. The number of carbonyl (C=O) groups excluding carboxylic acids is 1. The number of aryl methyl sites for hydroxylation is 1. The van der Waals surface area contributed by atoms with Crippen molar-refractivity contribution in [1.29, 1.82) is 0 Å². The Morgan fingerprint density at radius 2 is 2.29 bits per heavy atom. The number of nitrogens with zero attached hydrogens (tertiary/aromatic N) is 5. The van der Waals surface area contributed by atoms with Crippen LogP contribution in [0.25, 0.3) is 11.0 Å². The van der Waals surface area contributed by atoms with Crippen molar-refractivity contribution in [3.8, 4) is 0 Å². The highest BCUT2D eigenvalue weighted by Crippen LogP contribution is 2.19. The smallest absolute Gasteiger partial charge is 0.266 e. The average Bonchev–Trinajstić information content (AvgIpc) is 2.85. The third kappa shape index (κ3) is 3.10. The summed E-state index contributed by atoms with van der Waals surface area (Å²) in [5.41, 5.74) is 6.19. The van der Waals surface area contributed by atoms with Crippen LogP contribution in [0, 0.1) is 5.92 Å². The standard InChI is InChI=1S/C15H21BrN6O2/c1-9(17)10-4-3-5-21(6-10)11(23)7-22-8-18-14-12(15(22)24)13(16)19-20(14)2/h8-10H,3-7,17H2,1-2H3/t9-,10+/m1/s1. The lowest BCUT2D eigenvalue weighted by Crippen LogP contribution is -2.46. The fraction of sp³-hybridized carbons (Fsp3) is 0.600. The van der Waals surface area contributed by atoms with Crippen LogP contribution in [0.15, 0.2) is 15.7 Å². The predicted molar refractivity (Wildman–Crippen MR) is 93.4 cm³/mol. The van der Waals surface area contributed by atoms with Gasteiger partial charge in [0, 0.05) is 26.2 Å². The van der Waals surface area contributed by atoms with E-state index in [1.807, 2.05) is 6.92 Å². The molecule has 1 aliphatic heterocycles. The van der Waals surface area contributed by atoms with E-state index in [1.54, 1.807) is 11.9 Å². The number of halogens is 1. The average molecular weight is 397 g/mol. The topological polar surface area (TPSA) is 99.0 Å². The molecule has 3 rings (SSSR count).